The van der Waals surface area contributed by atoms with E-state index in [-0.39, 0.29) is 18.2 Å². The van der Waals surface area contributed by atoms with Crippen LogP contribution in [-0.2, 0) is 0 Å². The number of allylic oxidation sites excluding steroid dienone is 1. The third-order valence-corrected chi connectivity index (χ3v) is 3.29. The number of para-hydroxylation sites is 1. The lowest BCUT2D eigenvalue weighted by Gasteiger charge is -2.21. The molecule has 1 aromatic heterocycles. The van der Waals surface area contributed by atoms with E-state index in [1.165, 1.54) is 6.08 Å². The molecule has 1 aliphatic carbocycles. The van der Waals surface area contributed by atoms with E-state index in [2.05, 4.69) is 4.98 Å². The van der Waals surface area contributed by atoms with Gasteiger partial charge in [-0.05, 0) is 36.4 Å². The van der Waals surface area contributed by atoms with Gasteiger partial charge in [-0.3, -0.25) is 0 Å². The quantitative estimate of drug-likeness (QED) is 0.887. The predicted molar refractivity (Wildman–Crippen MR) is 87.4 cm³/mol. The van der Waals surface area contributed by atoms with Crippen LogP contribution in [0.3, 0.4) is 0 Å². The minimum absolute atomic E-state index is 0. The average molecular weight is 302 g/mol. The molecule has 0 saturated carbocycles. The topological polar surface area (TPSA) is 53.4 Å². The standard InChI is InChI=1S/C17H15NO2.ClH/c19-15-5-3-10-17(20,12-15)11-9-14-8-7-13-4-1-2-6-16(13)18-14;/h1-9,11-12,19-20H,10H2;1H/b11-9+;. The molecule has 2 N–H and O–H groups in total. The third-order valence-electron chi connectivity index (χ3n) is 3.29. The van der Waals surface area contributed by atoms with E-state index in [9.17, 15) is 10.2 Å². The monoisotopic (exact) mass is 301 g/mol. The molecule has 108 valence electrons. The Bertz CT molecular complexity index is 736. The lowest BCUT2D eigenvalue weighted by molar-refractivity contribution is 0.140. The Balaban J connectivity index is 0.00000161. The van der Waals surface area contributed by atoms with Gasteiger partial charge in [0.2, 0.25) is 0 Å². The Kier molecular flexibility index (Phi) is 4.46. The van der Waals surface area contributed by atoms with Crippen LogP contribution in [0.4, 0.5) is 0 Å². The van der Waals surface area contributed by atoms with E-state index < -0.39 is 5.60 Å². The van der Waals surface area contributed by atoms with Crippen LogP contribution in [0.5, 0.6) is 0 Å². The number of benzene rings is 1. The predicted octanol–water partition coefficient (Wildman–Crippen LogP) is 3.80. The maximum atomic E-state index is 10.3. The number of aliphatic hydroxyl groups excluding tert-OH is 1. The summed E-state index contributed by atoms with van der Waals surface area (Å²) in [5.41, 5.74) is 0.551. The molecule has 1 heterocycles. The molecule has 21 heavy (non-hydrogen) atoms. The average Bonchev–Trinajstić information content (AvgIpc) is 2.45. The van der Waals surface area contributed by atoms with Gasteiger partial charge in [-0.1, -0.05) is 30.3 Å². The number of fused-ring (bicyclic) bond motifs is 1. The van der Waals surface area contributed by atoms with Crippen LogP contribution >= 0.6 is 12.4 Å². The van der Waals surface area contributed by atoms with Crippen molar-refractivity contribution in [2.24, 2.45) is 0 Å². The zero-order valence-electron chi connectivity index (χ0n) is 11.3. The number of aromatic nitrogens is 1. The fraction of sp³-hybridized carbons (Fsp3) is 0.118. The summed E-state index contributed by atoms with van der Waals surface area (Å²) in [5.74, 6) is 0.0786. The summed E-state index contributed by atoms with van der Waals surface area (Å²) in [5, 5.41) is 20.8. The van der Waals surface area contributed by atoms with Crippen molar-refractivity contribution in [3.05, 3.63) is 72.2 Å². The smallest absolute Gasteiger partial charge is 0.114 e. The molecule has 1 aromatic carbocycles. The molecule has 0 amide bonds. The highest BCUT2D eigenvalue weighted by atomic mass is 35.5. The van der Waals surface area contributed by atoms with E-state index in [0.29, 0.717) is 6.42 Å². The summed E-state index contributed by atoms with van der Waals surface area (Å²) < 4.78 is 0. The zero-order valence-corrected chi connectivity index (χ0v) is 12.1. The first-order valence-corrected chi connectivity index (χ1v) is 6.50. The van der Waals surface area contributed by atoms with Crippen LogP contribution in [0, 0.1) is 0 Å². The minimum atomic E-state index is -1.15. The van der Waals surface area contributed by atoms with E-state index in [4.69, 9.17) is 0 Å². The molecule has 0 bridgehead atoms. The number of halogens is 1. The molecule has 0 radical (unpaired) electrons. The summed E-state index contributed by atoms with van der Waals surface area (Å²) in [6, 6.07) is 11.8. The van der Waals surface area contributed by atoms with Crippen molar-refractivity contribution in [1.82, 2.24) is 4.98 Å². The van der Waals surface area contributed by atoms with E-state index in [1.807, 2.05) is 36.4 Å². The molecular formula is C17H16ClNO2. The number of rotatable bonds is 2. The zero-order chi connectivity index (χ0) is 14.0. The van der Waals surface area contributed by atoms with Crippen LogP contribution in [0.1, 0.15) is 12.1 Å². The van der Waals surface area contributed by atoms with Gasteiger partial charge in [-0.2, -0.15) is 0 Å². The molecule has 1 atom stereocenters. The maximum absolute atomic E-state index is 10.3. The third kappa shape index (κ3) is 3.51. The lowest BCUT2D eigenvalue weighted by atomic mass is 9.94. The van der Waals surface area contributed by atoms with Crippen LogP contribution in [-0.4, -0.2) is 20.8 Å². The highest BCUT2D eigenvalue weighted by molar-refractivity contribution is 5.85. The second-order valence-corrected chi connectivity index (χ2v) is 4.93. The normalized spacial score (nSPS) is 21.3. The fourth-order valence-corrected chi connectivity index (χ4v) is 2.25. The van der Waals surface area contributed by atoms with Gasteiger partial charge in [0, 0.05) is 11.8 Å². The molecule has 0 saturated heterocycles. The molecule has 3 rings (SSSR count). The van der Waals surface area contributed by atoms with Crippen LogP contribution in [0.15, 0.2) is 66.5 Å². The van der Waals surface area contributed by atoms with Crippen molar-refractivity contribution >= 4 is 29.4 Å². The van der Waals surface area contributed by atoms with Crippen molar-refractivity contribution in [3.63, 3.8) is 0 Å². The highest BCUT2D eigenvalue weighted by Crippen LogP contribution is 2.23. The summed E-state index contributed by atoms with van der Waals surface area (Å²) in [7, 11) is 0. The van der Waals surface area contributed by atoms with Crippen molar-refractivity contribution < 1.29 is 10.2 Å². The van der Waals surface area contributed by atoms with Gasteiger partial charge in [0.1, 0.15) is 11.4 Å². The highest BCUT2D eigenvalue weighted by Gasteiger charge is 2.22. The van der Waals surface area contributed by atoms with Gasteiger partial charge in [0.25, 0.3) is 0 Å². The molecule has 3 nitrogen and oxygen atoms in total. The number of hydrogen-bond acceptors (Lipinski definition) is 3. The molecule has 1 aliphatic rings. The van der Waals surface area contributed by atoms with Gasteiger partial charge in [-0.25, -0.2) is 4.98 Å². The fourth-order valence-electron chi connectivity index (χ4n) is 2.25. The van der Waals surface area contributed by atoms with Gasteiger partial charge in [0.15, 0.2) is 0 Å². The van der Waals surface area contributed by atoms with Crippen molar-refractivity contribution in [3.8, 4) is 0 Å². The number of hydrogen-bond donors (Lipinski definition) is 2. The molecule has 1 unspecified atom stereocenters. The number of aliphatic hydroxyl groups is 2. The molecule has 0 fully saturated rings. The van der Waals surface area contributed by atoms with Gasteiger partial charge >= 0.3 is 0 Å². The maximum Gasteiger partial charge on any atom is 0.114 e. The van der Waals surface area contributed by atoms with Crippen molar-refractivity contribution in [2.75, 3.05) is 0 Å². The second-order valence-electron chi connectivity index (χ2n) is 4.93. The first-order valence-electron chi connectivity index (χ1n) is 6.50. The molecule has 0 aliphatic heterocycles. The molecule has 4 heteroatoms. The Hall–Kier alpha value is -2.10. The van der Waals surface area contributed by atoms with Crippen molar-refractivity contribution in [2.45, 2.75) is 12.0 Å². The summed E-state index contributed by atoms with van der Waals surface area (Å²) in [4.78, 5) is 4.51. The van der Waals surface area contributed by atoms with E-state index in [1.54, 1.807) is 24.3 Å². The first-order chi connectivity index (χ1) is 9.65. The van der Waals surface area contributed by atoms with Gasteiger partial charge < -0.3 is 10.2 Å². The molecular weight excluding hydrogens is 286 g/mol. The Morgan fingerprint density at radius 2 is 1.95 bits per heavy atom. The van der Waals surface area contributed by atoms with Gasteiger partial charge in [0.05, 0.1) is 11.2 Å². The van der Waals surface area contributed by atoms with E-state index in [0.717, 1.165) is 16.6 Å². The number of pyridine rings is 1. The van der Waals surface area contributed by atoms with E-state index >= 15 is 0 Å². The SMILES string of the molecule is Cl.OC1=CC(O)(/C=C/c2ccc3ccccc3n2)CC=C1. The summed E-state index contributed by atoms with van der Waals surface area (Å²) in [6.07, 6.45) is 8.63. The Morgan fingerprint density at radius 3 is 2.76 bits per heavy atom. The minimum Gasteiger partial charge on any atom is -0.508 e. The molecule has 2 aromatic rings. The largest absolute Gasteiger partial charge is 0.508 e. The second kappa shape index (κ2) is 6.12. The number of nitrogens with zero attached hydrogens (tertiary/aromatic N) is 1. The van der Waals surface area contributed by atoms with Gasteiger partial charge in [-0.15, -0.1) is 12.4 Å². The van der Waals surface area contributed by atoms with Crippen LogP contribution in [0.25, 0.3) is 17.0 Å². The summed E-state index contributed by atoms with van der Waals surface area (Å²) >= 11 is 0. The first kappa shape index (κ1) is 15.3. The van der Waals surface area contributed by atoms with Crippen LogP contribution < -0.4 is 0 Å². The molecule has 0 spiro atoms. The Labute approximate surface area is 129 Å². The van der Waals surface area contributed by atoms with Crippen molar-refractivity contribution in [1.29, 1.82) is 0 Å². The summed E-state index contributed by atoms with van der Waals surface area (Å²) in [6.45, 7) is 0. The Morgan fingerprint density at radius 1 is 1.14 bits per heavy atom. The lowest BCUT2D eigenvalue weighted by Crippen LogP contribution is -2.24. The van der Waals surface area contributed by atoms with Crippen LogP contribution in [0.2, 0.25) is 0 Å².